The lowest BCUT2D eigenvalue weighted by Crippen LogP contribution is -2.40. The molecule has 22 heavy (non-hydrogen) atoms. The number of aryl methyl sites for hydroxylation is 1. The van der Waals surface area contributed by atoms with Gasteiger partial charge in [-0.1, -0.05) is 12.1 Å². The molecule has 2 aromatic rings. The summed E-state index contributed by atoms with van der Waals surface area (Å²) >= 11 is 0. The minimum Gasteiger partial charge on any atom is -0.467 e. The smallest absolute Gasteiger partial charge is 0.318 e. The Morgan fingerprint density at radius 3 is 2.86 bits per heavy atom. The molecular weight excluding hydrogens is 283 g/mol. The van der Waals surface area contributed by atoms with E-state index >= 15 is 0 Å². The molecular formula is C17H19FN2O2. The van der Waals surface area contributed by atoms with Crippen molar-refractivity contribution >= 4 is 6.03 Å². The van der Waals surface area contributed by atoms with Gasteiger partial charge in [-0.05, 0) is 49.1 Å². The highest BCUT2D eigenvalue weighted by Crippen LogP contribution is 2.28. The van der Waals surface area contributed by atoms with Crippen molar-refractivity contribution in [3.8, 4) is 0 Å². The van der Waals surface area contributed by atoms with Crippen LogP contribution in [-0.4, -0.2) is 17.0 Å². The highest BCUT2D eigenvalue weighted by Gasteiger charge is 2.33. The number of rotatable bonds is 5. The van der Waals surface area contributed by atoms with Gasteiger partial charge < -0.3 is 14.6 Å². The van der Waals surface area contributed by atoms with E-state index in [-0.39, 0.29) is 17.9 Å². The van der Waals surface area contributed by atoms with Gasteiger partial charge in [-0.3, -0.25) is 0 Å². The van der Waals surface area contributed by atoms with Crippen molar-refractivity contribution in [2.24, 2.45) is 0 Å². The molecule has 0 bridgehead atoms. The van der Waals surface area contributed by atoms with Crippen LogP contribution >= 0.6 is 0 Å². The van der Waals surface area contributed by atoms with Gasteiger partial charge in [0.1, 0.15) is 11.6 Å². The minimum absolute atomic E-state index is 0.139. The van der Waals surface area contributed by atoms with E-state index < -0.39 is 0 Å². The molecule has 1 aromatic heterocycles. The van der Waals surface area contributed by atoms with Gasteiger partial charge >= 0.3 is 6.03 Å². The fourth-order valence-corrected chi connectivity index (χ4v) is 2.35. The van der Waals surface area contributed by atoms with Crippen LogP contribution in [0, 0.1) is 12.7 Å². The quantitative estimate of drug-likeness (QED) is 0.917. The van der Waals surface area contributed by atoms with Gasteiger partial charge in [0, 0.05) is 12.6 Å². The molecule has 0 atom stereocenters. The van der Waals surface area contributed by atoms with Crippen LogP contribution in [0.2, 0.25) is 0 Å². The number of halogens is 1. The number of urea groups is 1. The number of amides is 2. The number of furan rings is 1. The zero-order valence-corrected chi connectivity index (χ0v) is 12.5. The van der Waals surface area contributed by atoms with Crippen LogP contribution in [0.1, 0.15) is 29.7 Å². The summed E-state index contributed by atoms with van der Waals surface area (Å²) < 4.78 is 18.8. The Hall–Kier alpha value is -2.30. The Labute approximate surface area is 128 Å². The molecule has 0 radical (unpaired) electrons. The maximum atomic E-state index is 13.5. The largest absolute Gasteiger partial charge is 0.467 e. The van der Waals surface area contributed by atoms with Gasteiger partial charge in [0.2, 0.25) is 0 Å². The first kappa shape index (κ1) is 14.6. The summed E-state index contributed by atoms with van der Waals surface area (Å²) in [5.74, 6) is 0.518. The molecule has 1 aromatic carbocycles. The third-order valence-electron chi connectivity index (χ3n) is 3.83. The topological polar surface area (TPSA) is 45.5 Å². The van der Waals surface area contributed by atoms with Crippen LogP contribution in [0.15, 0.2) is 41.0 Å². The number of nitrogens with one attached hydrogen (secondary N) is 1. The molecule has 5 heteroatoms. The van der Waals surface area contributed by atoms with Gasteiger partial charge in [-0.25, -0.2) is 9.18 Å². The summed E-state index contributed by atoms with van der Waals surface area (Å²) in [6.45, 7) is 2.50. The summed E-state index contributed by atoms with van der Waals surface area (Å²) in [7, 11) is 0. The molecule has 1 heterocycles. The van der Waals surface area contributed by atoms with E-state index in [0.717, 1.165) is 24.2 Å². The molecule has 0 aliphatic heterocycles. The second-order valence-corrected chi connectivity index (χ2v) is 5.68. The van der Waals surface area contributed by atoms with Crippen LogP contribution in [0.5, 0.6) is 0 Å². The first-order valence-electron chi connectivity index (χ1n) is 7.45. The summed E-state index contributed by atoms with van der Waals surface area (Å²) in [5, 5.41) is 2.86. The molecule has 0 unspecified atom stereocenters. The molecule has 4 nitrogen and oxygen atoms in total. The number of benzene rings is 1. The Balaban J connectivity index is 1.60. The molecule has 3 rings (SSSR count). The summed E-state index contributed by atoms with van der Waals surface area (Å²) in [6.07, 6.45) is 3.65. The second kappa shape index (κ2) is 6.22. The molecule has 2 amide bonds. The van der Waals surface area contributed by atoms with Crippen LogP contribution in [0.4, 0.5) is 9.18 Å². The Morgan fingerprint density at radius 1 is 1.41 bits per heavy atom. The minimum atomic E-state index is -0.249. The predicted molar refractivity (Wildman–Crippen MR) is 80.6 cm³/mol. The predicted octanol–water partition coefficient (Wildman–Crippen LogP) is 3.60. The van der Waals surface area contributed by atoms with Crippen LogP contribution in [0.25, 0.3) is 0 Å². The first-order valence-corrected chi connectivity index (χ1v) is 7.45. The normalized spacial score (nSPS) is 13.9. The van der Waals surface area contributed by atoms with E-state index in [4.69, 9.17) is 4.42 Å². The number of hydrogen-bond acceptors (Lipinski definition) is 2. The summed E-state index contributed by atoms with van der Waals surface area (Å²) in [5.41, 5.74) is 1.36. The summed E-state index contributed by atoms with van der Waals surface area (Å²) in [4.78, 5) is 14.1. The monoisotopic (exact) mass is 302 g/mol. The molecule has 116 valence electrons. The van der Waals surface area contributed by atoms with Crippen molar-refractivity contribution < 1.29 is 13.6 Å². The molecule has 1 aliphatic rings. The van der Waals surface area contributed by atoms with E-state index in [0.29, 0.717) is 18.7 Å². The first-order chi connectivity index (χ1) is 10.6. The second-order valence-electron chi connectivity index (χ2n) is 5.68. The molecule has 1 fully saturated rings. The van der Waals surface area contributed by atoms with E-state index in [1.807, 2.05) is 18.2 Å². The van der Waals surface area contributed by atoms with Gasteiger partial charge in [0.25, 0.3) is 0 Å². The van der Waals surface area contributed by atoms with Crippen LogP contribution in [-0.2, 0) is 13.1 Å². The third-order valence-corrected chi connectivity index (χ3v) is 3.83. The maximum Gasteiger partial charge on any atom is 0.318 e. The van der Waals surface area contributed by atoms with Crippen molar-refractivity contribution in [3.05, 3.63) is 59.3 Å². The number of nitrogens with zero attached hydrogens (tertiary/aromatic N) is 1. The van der Waals surface area contributed by atoms with E-state index in [1.54, 1.807) is 24.2 Å². The van der Waals surface area contributed by atoms with Crippen molar-refractivity contribution in [2.75, 3.05) is 0 Å². The van der Waals surface area contributed by atoms with Gasteiger partial charge in [0.05, 0.1) is 12.8 Å². The fraction of sp³-hybridized carbons (Fsp3) is 0.353. The van der Waals surface area contributed by atoms with Gasteiger partial charge in [-0.15, -0.1) is 0 Å². The van der Waals surface area contributed by atoms with Gasteiger partial charge in [-0.2, -0.15) is 0 Å². The average molecular weight is 302 g/mol. The van der Waals surface area contributed by atoms with Crippen molar-refractivity contribution in [2.45, 2.75) is 38.9 Å². The Morgan fingerprint density at radius 2 is 2.23 bits per heavy atom. The van der Waals surface area contributed by atoms with Crippen molar-refractivity contribution in [1.82, 2.24) is 10.2 Å². The van der Waals surface area contributed by atoms with E-state index in [2.05, 4.69) is 5.32 Å². The fourth-order valence-electron chi connectivity index (χ4n) is 2.35. The maximum absolute atomic E-state index is 13.5. The number of carbonyl (C=O) groups is 1. The zero-order chi connectivity index (χ0) is 15.5. The molecule has 0 saturated heterocycles. The molecule has 1 saturated carbocycles. The lowest BCUT2D eigenvalue weighted by atomic mass is 10.1. The van der Waals surface area contributed by atoms with E-state index in [1.165, 1.54) is 6.07 Å². The number of carbonyl (C=O) groups excluding carboxylic acids is 1. The van der Waals surface area contributed by atoms with E-state index in [9.17, 15) is 9.18 Å². The lowest BCUT2D eigenvalue weighted by molar-refractivity contribution is 0.186. The molecule has 0 spiro atoms. The Kier molecular flexibility index (Phi) is 4.13. The van der Waals surface area contributed by atoms with Crippen molar-refractivity contribution in [3.63, 3.8) is 0 Å². The lowest BCUT2D eigenvalue weighted by Gasteiger charge is -2.21. The highest BCUT2D eigenvalue weighted by molar-refractivity contribution is 5.74. The van der Waals surface area contributed by atoms with Crippen LogP contribution < -0.4 is 5.32 Å². The molecule has 1 N–H and O–H groups in total. The molecule has 1 aliphatic carbocycles. The highest BCUT2D eigenvalue weighted by atomic mass is 19.1. The van der Waals surface area contributed by atoms with Crippen molar-refractivity contribution in [1.29, 1.82) is 0 Å². The summed E-state index contributed by atoms with van der Waals surface area (Å²) in [6, 6.07) is 8.82. The third kappa shape index (κ3) is 3.47. The Bertz CT molecular complexity index is 651. The SMILES string of the molecule is Cc1ccc(CNC(=O)N(Cc2ccco2)C2CC2)cc1F. The zero-order valence-electron chi connectivity index (χ0n) is 12.5. The standard InChI is InChI=1S/C17H19FN2O2/c1-12-4-5-13(9-16(12)18)10-19-17(21)20(14-6-7-14)11-15-3-2-8-22-15/h2-5,8-9,14H,6-7,10-11H2,1H3,(H,19,21). The average Bonchev–Trinajstić information content (AvgIpc) is 3.22. The van der Waals surface area contributed by atoms with Crippen LogP contribution in [0.3, 0.4) is 0 Å². The number of hydrogen-bond donors (Lipinski definition) is 1. The van der Waals surface area contributed by atoms with Gasteiger partial charge in [0.15, 0.2) is 0 Å².